The molecule has 0 unspecified atom stereocenters. The number of nitrogens with two attached hydrogens (primary N) is 1. The lowest BCUT2D eigenvalue weighted by atomic mass is 10.1. The van der Waals surface area contributed by atoms with Gasteiger partial charge in [-0.05, 0) is 24.1 Å². The topological polar surface area (TPSA) is 66.1 Å². The summed E-state index contributed by atoms with van der Waals surface area (Å²) < 4.78 is 15.7. The summed E-state index contributed by atoms with van der Waals surface area (Å²) >= 11 is 0. The van der Waals surface area contributed by atoms with Gasteiger partial charge in [-0.15, -0.1) is 0 Å². The van der Waals surface area contributed by atoms with E-state index in [0.29, 0.717) is 13.4 Å². The van der Waals surface area contributed by atoms with Crippen molar-refractivity contribution in [2.45, 2.75) is 12.5 Å². The van der Waals surface area contributed by atoms with Crippen molar-refractivity contribution >= 4 is 6.02 Å². The van der Waals surface area contributed by atoms with Crippen LogP contribution < -0.4 is 15.2 Å². The second kappa shape index (κ2) is 3.59. The quantitative estimate of drug-likeness (QED) is 0.795. The van der Waals surface area contributed by atoms with Gasteiger partial charge in [-0.2, -0.15) is 0 Å². The van der Waals surface area contributed by atoms with Crippen LogP contribution in [0, 0.1) is 0 Å². The lowest BCUT2D eigenvalue weighted by Gasteiger charge is -2.05. The summed E-state index contributed by atoms with van der Waals surface area (Å²) in [6.07, 6.45) is 0.803. The van der Waals surface area contributed by atoms with Crippen LogP contribution in [0.5, 0.6) is 11.5 Å². The summed E-state index contributed by atoms with van der Waals surface area (Å²) in [6, 6.07) is 6.30. The predicted molar refractivity (Wildman–Crippen MR) is 57.6 cm³/mol. The third kappa shape index (κ3) is 1.64. The highest BCUT2D eigenvalue weighted by Gasteiger charge is 2.19. The van der Waals surface area contributed by atoms with Gasteiger partial charge in [-0.3, -0.25) is 0 Å². The molecule has 0 fully saturated rings. The number of rotatable bonds is 2. The Morgan fingerprint density at radius 3 is 2.94 bits per heavy atom. The molecule has 0 saturated heterocycles. The maximum Gasteiger partial charge on any atom is 0.282 e. The predicted octanol–water partition coefficient (Wildman–Crippen LogP) is 0.671. The Hall–Kier alpha value is -1.91. The van der Waals surface area contributed by atoms with Crippen LogP contribution in [-0.4, -0.2) is 25.5 Å². The molecule has 1 aromatic carbocycles. The highest BCUT2D eigenvalue weighted by Crippen LogP contribution is 2.33. The third-order valence-corrected chi connectivity index (χ3v) is 2.64. The normalized spacial score (nSPS) is 21.8. The average molecular weight is 220 g/mol. The number of hydrogen-bond donors (Lipinski definition) is 1. The van der Waals surface area contributed by atoms with E-state index < -0.39 is 0 Å². The monoisotopic (exact) mass is 220 g/mol. The van der Waals surface area contributed by atoms with E-state index in [4.69, 9.17) is 19.9 Å². The largest absolute Gasteiger partial charge is 0.463 e. The fraction of sp³-hybridized carbons (Fsp3) is 0.364. The van der Waals surface area contributed by atoms with Crippen LogP contribution in [0.2, 0.25) is 0 Å². The summed E-state index contributed by atoms with van der Waals surface area (Å²) in [5, 5.41) is 0. The molecule has 0 spiro atoms. The molecule has 1 aromatic rings. The fourth-order valence-corrected chi connectivity index (χ4v) is 1.88. The fourth-order valence-electron chi connectivity index (χ4n) is 1.88. The van der Waals surface area contributed by atoms with Crippen LogP contribution in [0.3, 0.4) is 0 Å². The molecule has 3 rings (SSSR count). The molecule has 2 heterocycles. The van der Waals surface area contributed by atoms with Crippen LogP contribution in [0.4, 0.5) is 0 Å². The van der Waals surface area contributed by atoms with Gasteiger partial charge in [0, 0.05) is 0 Å². The molecular weight excluding hydrogens is 208 g/mol. The summed E-state index contributed by atoms with van der Waals surface area (Å²) in [7, 11) is 0. The smallest absolute Gasteiger partial charge is 0.282 e. The van der Waals surface area contributed by atoms with E-state index >= 15 is 0 Å². The van der Waals surface area contributed by atoms with Crippen LogP contribution in [-0.2, 0) is 11.2 Å². The zero-order valence-corrected chi connectivity index (χ0v) is 8.68. The lowest BCUT2D eigenvalue weighted by Crippen LogP contribution is -2.11. The molecule has 5 nitrogen and oxygen atoms in total. The van der Waals surface area contributed by atoms with Crippen molar-refractivity contribution < 1.29 is 14.2 Å². The minimum absolute atomic E-state index is 0.111. The minimum Gasteiger partial charge on any atom is -0.463 e. The zero-order chi connectivity index (χ0) is 11.0. The van der Waals surface area contributed by atoms with E-state index in [0.717, 1.165) is 23.5 Å². The Labute approximate surface area is 92.8 Å². The van der Waals surface area contributed by atoms with Crippen molar-refractivity contribution in [2.24, 2.45) is 10.7 Å². The van der Waals surface area contributed by atoms with Crippen molar-refractivity contribution in [2.75, 3.05) is 13.4 Å². The molecule has 0 bridgehead atoms. The van der Waals surface area contributed by atoms with Crippen LogP contribution >= 0.6 is 0 Å². The molecule has 0 aliphatic carbocycles. The van der Waals surface area contributed by atoms with Crippen LogP contribution in [0.25, 0.3) is 0 Å². The lowest BCUT2D eigenvalue weighted by molar-refractivity contribution is 0.174. The van der Waals surface area contributed by atoms with E-state index in [9.17, 15) is 0 Å². The Kier molecular flexibility index (Phi) is 2.09. The van der Waals surface area contributed by atoms with Crippen molar-refractivity contribution in [1.29, 1.82) is 0 Å². The summed E-state index contributed by atoms with van der Waals surface area (Å²) in [5.74, 6) is 1.60. The average Bonchev–Trinajstić information content (AvgIpc) is 2.87. The maximum absolute atomic E-state index is 5.45. The summed E-state index contributed by atoms with van der Waals surface area (Å²) in [6.45, 7) is 0.858. The van der Waals surface area contributed by atoms with E-state index in [1.807, 2.05) is 18.2 Å². The standard InChI is InChI=1S/C11H12N2O3/c12-11-13-8(5-14-11)3-7-1-2-9-10(4-7)16-6-15-9/h1-2,4,8H,3,5-6H2,(H2,12,13)/t8-/m0/s1. The van der Waals surface area contributed by atoms with Crippen LogP contribution in [0.15, 0.2) is 23.2 Å². The van der Waals surface area contributed by atoms with Gasteiger partial charge in [0.15, 0.2) is 11.5 Å². The molecule has 2 aliphatic rings. The number of fused-ring (bicyclic) bond motifs is 1. The van der Waals surface area contributed by atoms with Crippen molar-refractivity contribution in [3.63, 3.8) is 0 Å². The first-order chi connectivity index (χ1) is 7.81. The molecule has 2 N–H and O–H groups in total. The van der Waals surface area contributed by atoms with E-state index in [1.165, 1.54) is 0 Å². The van der Waals surface area contributed by atoms with Gasteiger partial charge in [-0.1, -0.05) is 6.07 Å². The van der Waals surface area contributed by atoms with E-state index in [2.05, 4.69) is 4.99 Å². The number of benzene rings is 1. The van der Waals surface area contributed by atoms with Crippen LogP contribution in [0.1, 0.15) is 5.56 Å². The number of aliphatic imine (C=N–C) groups is 1. The van der Waals surface area contributed by atoms with Gasteiger partial charge in [0.05, 0.1) is 6.04 Å². The van der Waals surface area contributed by atoms with Gasteiger partial charge in [0.2, 0.25) is 6.79 Å². The molecule has 0 saturated carbocycles. The number of amidine groups is 1. The van der Waals surface area contributed by atoms with Gasteiger partial charge in [0.25, 0.3) is 6.02 Å². The second-order valence-corrected chi connectivity index (χ2v) is 3.82. The second-order valence-electron chi connectivity index (χ2n) is 3.82. The maximum atomic E-state index is 5.45. The van der Waals surface area contributed by atoms with Gasteiger partial charge >= 0.3 is 0 Å². The first-order valence-electron chi connectivity index (χ1n) is 5.16. The highest BCUT2D eigenvalue weighted by atomic mass is 16.7. The van der Waals surface area contributed by atoms with Gasteiger partial charge in [-0.25, -0.2) is 4.99 Å². The summed E-state index contributed by atoms with van der Waals surface area (Å²) in [4.78, 5) is 4.18. The first-order valence-corrected chi connectivity index (χ1v) is 5.16. The molecule has 84 valence electrons. The first kappa shape index (κ1) is 9.33. The SMILES string of the molecule is NC1=N[C@@H](Cc2ccc3c(c2)OCO3)CO1. The van der Waals surface area contributed by atoms with Gasteiger partial charge in [0.1, 0.15) is 6.61 Å². The molecule has 0 aromatic heterocycles. The van der Waals surface area contributed by atoms with E-state index in [-0.39, 0.29) is 12.1 Å². The molecular formula is C11H12N2O3. The number of nitrogens with zero attached hydrogens (tertiary/aromatic N) is 1. The van der Waals surface area contributed by atoms with Crippen molar-refractivity contribution in [1.82, 2.24) is 0 Å². The van der Waals surface area contributed by atoms with Crippen molar-refractivity contribution in [3.8, 4) is 11.5 Å². The zero-order valence-electron chi connectivity index (χ0n) is 8.68. The molecule has 0 radical (unpaired) electrons. The Morgan fingerprint density at radius 1 is 1.25 bits per heavy atom. The molecule has 2 aliphatic heterocycles. The summed E-state index contributed by atoms with van der Waals surface area (Å²) in [5.41, 5.74) is 6.60. The Bertz CT molecular complexity index is 445. The highest BCUT2D eigenvalue weighted by molar-refractivity contribution is 5.73. The number of hydrogen-bond acceptors (Lipinski definition) is 5. The Morgan fingerprint density at radius 2 is 2.12 bits per heavy atom. The molecule has 0 amide bonds. The van der Waals surface area contributed by atoms with E-state index in [1.54, 1.807) is 0 Å². The molecule has 16 heavy (non-hydrogen) atoms. The third-order valence-electron chi connectivity index (χ3n) is 2.64. The molecule has 1 atom stereocenters. The molecule has 5 heteroatoms. The van der Waals surface area contributed by atoms with Crippen molar-refractivity contribution in [3.05, 3.63) is 23.8 Å². The number of ether oxygens (including phenoxy) is 3. The van der Waals surface area contributed by atoms with Gasteiger partial charge < -0.3 is 19.9 Å². The minimum atomic E-state index is 0.111. The Balaban J connectivity index is 1.75.